The van der Waals surface area contributed by atoms with Crippen LogP contribution in [0.5, 0.6) is 0 Å². The van der Waals surface area contributed by atoms with Gasteiger partial charge in [-0.2, -0.15) is 10.0 Å². The number of carbonyl (C=O) groups is 1. The number of guanidine groups is 1. The molecule has 0 fully saturated rings. The van der Waals surface area contributed by atoms with E-state index >= 15 is 0 Å². The number of rotatable bonds is 0. The molecule has 11 heavy (non-hydrogen) atoms. The molecule has 0 aromatic heterocycles. The van der Waals surface area contributed by atoms with Gasteiger partial charge in [0.25, 0.3) is 0 Å². The molecule has 1 atom stereocenters. The van der Waals surface area contributed by atoms with Gasteiger partial charge in [-0.25, -0.2) is 10.6 Å². The molecular formula is C3H8N6O2. The van der Waals surface area contributed by atoms with Crippen LogP contribution < -0.4 is 22.6 Å². The Labute approximate surface area is 61.6 Å². The summed E-state index contributed by atoms with van der Waals surface area (Å²) in [7, 11) is 0. The first-order valence-corrected chi connectivity index (χ1v) is 2.66. The molecule has 0 bridgehead atoms. The molecule has 8 heteroatoms. The van der Waals surface area contributed by atoms with E-state index in [4.69, 9.17) is 22.4 Å². The summed E-state index contributed by atoms with van der Waals surface area (Å²) in [6.45, 7) is 0. The van der Waals surface area contributed by atoms with E-state index in [2.05, 4.69) is 4.99 Å². The van der Waals surface area contributed by atoms with Crippen molar-refractivity contribution in [2.45, 2.75) is 5.97 Å². The first-order chi connectivity index (χ1) is 4.92. The lowest BCUT2D eigenvalue weighted by atomic mass is 10.6. The number of nitrogens with two attached hydrogens (primary N) is 3. The highest BCUT2D eigenvalue weighted by Crippen LogP contribution is 1.99. The Balaban J connectivity index is 2.94. The summed E-state index contributed by atoms with van der Waals surface area (Å²) in [5, 5.41) is 11.3. The lowest BCUT2D eigenvalue weighted by Gasteiger charge is -2.29. The zero-order valence-corrected chi connectivity index (χ0v) is 5.48. The molecule has 1 unspecified atom stereocenters. The van der Waals surface area contributed by atoms with Gasteiger partial charge in [0.15, 0.2) is 0 Å². The third kappa shape index (κ3) is 1.37. The second-order valence-corrected chi connectivity index (χ2v) is 2.00. The summed E-state index contributed by atoms with van der Waals surface area (Å²) in [5.41, 5.74) is 10.1. The summed E-state index contributed by atoms with van der Waals surface area (Å²) in [5.74, 6) is 2.54. The third-order valence-corrected chi connectivity index (χ3v) is 1.04. The number of aliphatic imine (C=N–C) groups is 1. The van der Waals surface area contributed by atoms with Gasteiger partial charge in [0.2, 0.25) is 5.96 Å². The maximum atomic E-state index is 10.7. The molecule has 8 nitrogen and oxygen atoms in total. The topological polar surface area (TPSA) is 143 Å². The maximum absolute atomic E-state index is 10.7. The molecule has 0 aliphatic carbocycles. The Morgan fingerprint density at radius 2 is 2.27 bits per heavy atom. The van der Waals surface area contributed by atoms with E-state index < -0.39 is 12.0 Å². The normalized spacial score (nSPS) is 31.4. The Morgan fingerprint density at radius 1 is 1.73 bits per heavy atom. The molecule has 0 spiro atoms. The van der Waals surface area contributed by atoms with E-state index in [0.717, 1.165) is 0 Å². The number of amides is 2. The molecule has 8 N–H and O–H groups in total. The van der Waals surface area contributed by atoms with Crippen molar-refractivity contribution in [3.8, 4) is 0 Å². The van der Waals surface area contributed by atoms with Gasteiger partial charge in [-0.15, -0.1) is 0 Å². The lowest BCUT2D eigenvalue weighted by molar-refractivity contribution is 0.0211. The summed E-state index contributed by atoms with van der Waals surface area (Å²) in [4.78, 5) is 14.0. The Bertz CT molecular complexity index is 222. The number of hydrogen-bond acceptors (Lipinski definition) is 6. The van der Waals surface area contributed by atoms with Gasteiger partial charge in [-0.1, -0.05) is 0 Å². The van der Waals surface area contributed by atoms with Crippen LogP contribution in [0.3, 0.4) is 0 Å². The van der Waals surface area contributed by atoms with Crippen molar-refractivity contribution >= 4 is 12.0 Å². The van der Waals surface area contributed by atoms with Gasteiger partial charge in [-0.05, 0) is 0 Å². The average Bonchev–Trinajstić information content (AvgIpc) is 1.81. The van der Waals surface area contributed by atoms with Crippen LogP contribution in [0.25, 0.3) is 0 Å². The van der Waals surface area contributed by atoms with Crippen LogP contribution in [0.4, 0.5) is 4.79 Å². The van der Waals surface area contributed by atoms with Gasteiger partial charge in [0, 0.05) is 0 Å². The van der Waals surface area contributed by atoms with Crippen LogP contribution >= 0.6 is 0 Å². The molecule has 62 valence electrons. The van der Waals surface area contributed by atoms with Crippen molar-refractivity contribution in [3.05, 3.63) is 0 Å². The molecule has 1 aliphatic rings. The highest BCUT2D eigenvalue weighted by atomic mass is 16.3. The summed E-state index contributed by atoms with van der Waals surface area (Å²) >= 11 is 0. The van der Waals surface area contributed by atoms with Gasteiger partial charge in [0.05, 0.1) is 0 Å². The first kappa shape index (κ1) is 7.72. The number of hydrazine groups is 1. The lowest BCUT2D eigenvalue weighted by Crippen LogP contribution is -2.66. The zero-order chi connectivity index (χ0) is 8.65. The summed E-state index contributed by atoms with van der Waals surface area (Å²) < 4.78 is 0. The van der Waals surface area contributed by atoms with Gasteiger partial charge in [0.1, 0.15) is 0 Å². The molecule has 0 saturated carbocycles. The predicted molar refractivity (Wildman–Crippen MR) is 35.3 cm³/mol. The minimum Gasteiger partial charge on any atom is -0.368 e. The van der Waals surface area contributed by atoms with E-state index in [1.807, 2.05) is 5.32 Å². The van der Waals surface area contributed by atoms with Crippen LogP contribution in [0.2, 0.25) is 0 Å². The number of carbonyl (C=O) groups excluding carboxylic acids is 1. The first-order valence-electron chi connectivity index (χ1n) is 2.66. The molecule has 1 heterocycles. The average molecular weight is 160 g/mol. The SMILES string of the molecule is NC1=NC(N)(O)NC(=O)N1N. The largest absolute Gasteiger partial charge is 0.368 e. The Kier molecular flexibility index (Phi) is 1.44. The summed E-state index contributed by atoms with van der Waals surface area (Å²) in [6.07, 6.45) is 0. The standard InChI is InChI=1S/C3H8N6O2/c4-1-7-3(5,11)8-2(10)9(1)6/h11H,5-6H2,(H2,4,7)(H,8,10). The second-order valence-electron chi connectivity index (χ2n) is 2.00. The molecule has 2 amide bonds. The fourth-order valence-electron chi connectivity index (χ4n) is 0.578. The minimum atomic E-state index is -2.16. The second kappa shape index (κ2) is 2.05. The van der Waals surface area contributed by atoms with E-state index in [9.17, 15) is 4.79 Å². The molecule has 0 saturated heterocycles. The number of aliphatic hydroxyl groups is 1. The van der Waals surface area contributed by atoms with Crippen molar-refractivity contribution in [1.29, 1.82) is 0 Å². The van der Waals surface area contributed by atoms with Crippen LogP contribution in [0.15, 0.2) is 4.99 Å². The van der Waals surface area contributed by atoms with Gasteiger partial charge < -0.3 is 10.8 Å². The molecule has 0 aromatic rings. The fraction of sp³-hybridized carbons (Fsp3) is 0.333. The highest BCUT2D eigenvalue weighted by molar-refractivity contribution is 5.96. The van der Waals surface area contributed by atoms with E-state index in [0.29, 0.717) is 5.01 Å². The molecule has 0 radical (unpaired) electrons. The van der Waals surface area contributed by atoms with Crippen LogP contribution in [-0.2, 0) is 0 Å². The molecule has 1 rings (SSSR count). The highest BCUT2D eigenvalue weighted by Gasteiger charge is 2.32. The summed E-state index contributed by atoms with van der Waals surface area (Å²) in [6, 6.07) is -0.817. The smallest absolute Gasteiger partial charge is 0.343 e. The predicted octanol–water partition coefficient (Wildman–Crippen LogP) is -3.24. The maximum Gasteiger partial charge on any atom is 0.343 e. The van der Waals surface area contributed by atoms with Crippen molar-refractivity contribution in [1.82, 2.24) is 10.3 Å². The molecule has 0 aromatic carbocycles. The van der Waals surface area contributed by atoms with Gasteiger partial charge in [-0.3, -0.25) is 11.1 Å². The number of nitrogens with one attached hydrogen (secondary N) is 1. The van der Waals surface area contributed by atoms with Crippen molar-refractivity contribution in [2.75, 3.05) is 0 Å². The molecular weight excluding hydrogens is 152 g/mol. The zero-order valence-electron chi connectivity index (χ0n) is 5.48. The number of nitrogens with zero attached hydrogens (tertiary/aromatic N) is 2. The van der Waals surface area contributed by atoms with E-state index in [1.54, 1.807) is 0 Å². The van der Waals surface area contributed by atoms with Crippen molar-refractivity contribution in [3.63, 3.8) is 0 Å². The Morgan fingerprint density at radius 3 is 2.73 bits per heavy atom. The number of hydrogen-bond donors (Lipinski definition) is 5. The van der Waals surface area contributed by atoms with E-state index in [1.165, 1.54) is 0 Å². The Hall–Kier alpha value is -1.38. The minimum absolute atomic E-state index is 0.348. The third-order valence-electron chi connectivity index (χ3n) is 1.04. The van der Waals surface area contributed by atoms with Gasteiger partial charge >= 0.3 is 12.0 Å². The van der Waals surface area contributed by atoms with Crippen molar-refractivity contribution in [2.24, 2.45) is 22.3 Å². The molecule has 1 aliphatic heterocycles. The van der Waals surface area contributed by atoms with E-state index in [-0.39, 0.29) is 5.96 Å². The van der Waals surface area contributed by atoms with Crippen molar-refractivity contribution < 1.29 is 9.90 Å². The monoisotopic (exact) mass is 160 g/mol. The number of urea groups is 1. The quantitative estimate of drug-likeness (QED) is 0.144. The van der Waals surface area contributed by atoms with Crippen LogP contribution in [-0.4, -0.2) is 28.1 Å². The van der Waals surface area contributed by atoms with Crippen LogP contribution in [0.1, 0.15) is 0 Å². The fourth-order valence-corrected chi connectivity index (χ4v) is 0.578. The van der Waals surface area contributed by atoms with Crippen LogP contribution in [0, 0.1) is 0 Å².